The number of nitrogens with zero attached hydrogens (tertiary/aromatic N) is 1. The number of rotatable bonds is 7. The van der Waals surface area contributed by atoms with Crippen molar-refractivity contribution in [2.45, 2.75) is 6.42 Å². The van der Waals surface area contributed by atoms with Crippen molar-refractivity contribution in [2.75, 3.05) is 39.9 Å². The van der Waals surface area contributed by atoms with Crippen LogP contribution in [0, 0.1) is 11.8 Å². The topological polar surface area (TPSA) is 116 Å². The summed E-state index contributed by atoms with van der Waals surface area (Å²) in [5, 5.41) is 20.9. The maximum atomic E-state index is 11.9. The molecule has 2 unspecified atom stereocenters. The number of hydrogen-bond donors (Lipinski definition) is 3. The molecular weight excluding hydrogens is 268 g/mol. The van der Waals surface area contributed by atoms with Crippen LogP contribution < -0.4 is 5.32 Å². The summed E-state index contributed by atoms with van der Waals surface area (Å²) in [4.78, 5) is 35.4. The van der Waals surface area contributed by atoms with Crippen LogP contribution in [-0.2, 0) is 19.1 Å². The fourth-order valence-corrected chi connectivity index (χ4v) is 2.21. The van der Waals surface area contributed by atoms with Gasteiger partial charge in [-0.05, 0) is 6.42 Å². The van der Waals surface area contributed by atoms with Crippen molar-refractivity contribution >= 4 is 17.8 Å². The average Bonchev–Trinajstić information content (AvgIpc) is 2.42. The molecule has 8 nitrogen and oxygen atoms in total. The molecule has 0 saturated carbocycles. The number of carboxylic acid groups (broad SMARTS) is 2. The summed E-state index contributed by atoms with van der Waals surface area (Å²) in [5.74, 6) is -4.51. The molecule has 1 amide bonds. The molecule has 1 aliphatic heterocycles. The number of carbonyl (C=O) groups is 3. The van der Waals surface area contributed by atoms with Crippen molar-refractivity contribution in [2.24, 2.45) is 11.8 Å². The number of hydrogen-bond acceptors (Lipinski definition) is 5. The lowest BCUT2D eigenvalue weighted by Gasteiger charge is -2.34. The molecule has 1 fully saturated rings. The molecule has 0 radical (unpaired) electrons. The van der Waals surface area contributed by atoms with Gasteiger partial charge in [0.15, 0.2) is 0 Å². The van der Waals surface area contributed by atoms with Crippen LogP contribution in [-0.4, -0.2) is 72.9 Å². The fourth-order valence-electron chi connectivity index (χ4n) is 2.21. The van der Waals surface area contributed by atoms with Gasteiger partial charge in [0, 0.05) is 26.7 Å². The second kappa shape index (κ2) is 7.81. The van der Waals surface area contributed by atoms with E-state index in [1.165, 1.54) is 4.90 Å². The summed E-state index contributed by atoms with van der Waals surface area (Å²) in [7, 11) is 1.55. The van der Waals surface area contributed by atoms with Crippen molar-refractivity contribution in [1.82, 2.24) is 10.2 Å². The van der Waals surface area contributed by atoms with E-state index in [9.17, 15) is 14.4 Å². The lowest BCUT2D eigenvalue weighted by Crippen LogP contribution is -2.50. The van der Waals surface area contributed by atoms with Gasteiger partial charge >= 0.3 is 11.9 Å². The van der Waals surface area contributed by atoms with Crippen LogP contribution >= 0.6 is 0 Å². The molecule has 0 bridgehead atoms. The summed E-state index contributed by atoms with van der Waals surface area (Å²) in [6.45, 7) is 1.30. The zero-order valence-electron chi connectivity index (χ0n) is 11.4. The maximum absolute atomic E-state index is 11.9. The van der Waals surface area contributed by atoms with E-state index in [0.29, 0.717) is 13.2 Å². The molecule has 20 heavy (non-hydrogen) atoms. The Morgan fingerprint density at radius 1 is 1.25 bits per heavy atom. The van der Waals surface area contributed by atoms with Gasteiger partial charge in [-0.15, -0.1) is 0 Å². The fraction of sp³-hybridized carbons (Fsp3) is 0.750. The van der Waals surface area contributed by atoms with E-state index in [1.807, 2.05) is 0 Å². The number of piperidine rings is 1. The highest BCUT2D eigenvalue weighted by molar-refractivity contribution is 5.83. The van der Waals surface area contributed by atoms with Crippen molar-refractivity contribution in [3.63, 3.8) is 0 Å². The first-order chi connectivity index (χ1) is 9.47. The number of carboxylic acids is 2. The summed E-state index contributed by atoms with van der Waals surface area (Å²) < 4.78 is 4.83. The van der Waals surface area contributed by atoms with Crippen LogP contribution in [0.15, 0.2) is 0 Å². The number of ether oxygens (including phenoxy) is 1. The minimum atomic E-state index is -1.18. The number of amides is 1. The molecule has 0 aliphatic carbocycles. The lowest BCUT2D eigenvalue weighted by atomic mass is 9.85. The summed E-state index contributed by atoms with van der Waals surface area (Å²) in [5.41, 5.74) is 0. The number of nitrogens with one attached hydrogen (secondary N) is 1. The third-order valence-electron chi connectivity index (χ3n) is 3.36. The van der Waals surface area contributed by atoms with Gasteiger partial charge in [-0.3, -0.25) is 14.4 Å². The standard InChI is InChI=1S/C12H20N2O6/c1-20-5-3-13-6-10(15)14-4-2-8(11(16)17)9(7-14)12(18)19/h8-9,13H,2-7H2,1H3,(H,16,17)(H,18,19). The maximum Gasteiger partial charge on any atom is 0.309 e. The number of likely N-dealkylation sites (tertiary alicyclic amines) is 1. The van der Waals surface area contributed by atoms with Gasteiger partial charge in [-0.1, -0.05) is 0 Å². The van der Waals surface area contributed by atoms with Crippen molar-refractivity contribution < 1.29 is 29.3 Å². The summed E-state index contributed by atoms with van der Waals surface area (Å²) in [6, 6.07) is 0. The van der Waals surface area contributed by atoms with Crippen LogP contribution in [0.1, 0.15) is 6.42 Å². The van der Waals surface area contributed by atoms with Gasteiger partial charge in [-0.25, -0.2) is 0 Å². The van der Waals surface area contributed by atoms with Crippen LogP contribution in [0.25, 0.3) is 0 Å². The highest BCUT2D eigenvalue weighted by atomic mass is 16.5. The number of carbonyl (C=O) groups excluding carboxylic acids is 1. The van der Waals surface area contributed by atoms with Crippen LogP contribution in [0.5, 0.6) is 0 Å². The first-order valence-corrected chi connectivity index (χ1v) is 6.40. The molecule has 1 saturated heterocycles. The smallest absolute Gasteiger partial charge is 0.309 e. The van der Waals surface area contributed by atoms with Gasteiger partial charge in [0.1, 0.15) is 0 Å². The molecule has 8 heteroatoms. The van der Waals surface area contributed by atoms with Crippen LogP contribution in [0.3, 0.4) is 0 Å². The highest BCUT2D eigenvalue weighted by Crippen LogP contribution is 2.24. The molecule has 2 atom stereocenters. The Morgan fingerprint density at radius 2 is 1.90 bits per heavy atom. The number of methoxy groups -OCH3 is 1. The highest BCUT2D eigenvalue weighted by Gasteiger charge is 2.39. The lowest BCUT2D eigenvalue weighted by molar-refractivity contribution is -0.159. The van der Waals surface area contributed by atoms with Crippen LogP contribution in [0.2, 0.25) is 0 Å². The van der Waals surface area contributed by atoms with Gasteiger partial charge in [0.2, 0.25) is 5.91 Å². The second-order valence-corrected chi connectivity index (χ2v) is 4.69. The third kappa shape index (κ3) is 4.46. The predicted octanol–water partition coefficient (Wildman–Crippen LogP) is -1.14. The first kappa shape index (κ1) is 16.4. The normalized spacial score (nSPS) is 22.6. The Hall–Kier alpha value is -1.67. The van der Waals surface area contributed by atoms with E-state index in [2.05, 4.69) is 5.32 Å². The second-order valence-electron chi connectivity index (χ2n) is 4.69. The van der Waals surface area contributed by atoms with Crippen LogP contribution in [0.4, 0.5) is 0 Å². The minimum absolute atomic E-state index is 0.0584. The zero-order valence-corrected chi connectivity index (χ0v) is 11.4. The van der Waals surface area contributed by atoms with Crippen molar-refractivity contribution in [3.8, 4) is 0 Å². The Morgan fingerprint density at radius 3 is 2.45 bits per heavy atom. The third-order valence-corrected chi connectivity index (χ3v) is 3.36. The van der Waals surface area contributed by atoms with E-state index in [0.717, 1.165) is 0 Å². The molecule has 3 N–H and O–H groups in total. The van der Waals surface area contributed by atoms with E-state index in [4.69, 9.17) is 14.9 Å². The molecule has 1 heterocycles. The largest absolute Gasteiger partial charge is 0.481 e. The predicted molar refractivity (Wildman–Crippen MR) is 68.2 cm³/mol. The number of aliphatic carboxylic acids is 2. The molecular formula is C12H20N2O6. The van der Waals surface area contributed by atoms with E-state index >= 15 is 0 Å². The van der Waals surface area contributed by atoms with Crippen molar-refractivity contribution in [1.29, 1.82) is 0 Å². The summed E-state index contributed by atoms with van der Waals surface area (Å²) >= 11 is 0. The first-order valence-electron chi connectivity index (χ1n) is 6.40. The van der Waals surface area contributed by atoms with E-state index in [-0.39, 0.29) is 32.0 Å². The minimum Gasteiger partial charge on any atom is -0.481 e. The van der Waals surface area contributed by atoms with Gasteiger partial charge in [-0.2, -0.15) is 0 Å². The SMILES string of the molecule is COCCNCC(=O)N1CCC(C(=O)O)C(C(=O)O)C1. The Balaban J connectivity index is 2.51. The quantitative estimate of drug-likeness (QED) is 0.507. The average molecular weight is 288 g/mol. The Labute approximate surface area is 116 Å². The van der Waals surface area contributed by atoms with Gasteiger partial charge < -0.3 is 25.2 Å². The molecule has 1 rings (SSSR count). The summed E-state index contributed by atoms with van der Waals surface area (Å²) in [6.07, 6.45) is 0.163. The van der Waals surface area contributed by atoms with Gasteiger partial charge in [0.25, 0.3) is 0 Å². The Bertz CT molecular complexity index is 373. The van der Waals surface area contributed by atoms with Crippen molar-refractivity contribution in [3.05, 3.63) is 0 Å². The molecule has 0 aromatic carbocycles. The van der Waals surface area contributed by atoms with Gasteiger partial charge in [0.05, 0.1) is 25.0 Å². The molecule has 0 spiro atoms. The molecule has 1 aliphatic rings. The molecule has 0 aromatic rings. The zero-order chi connectivity index (χ0) is 15.1. The Kier molecular flexibility index (Phi) is 6.40. The van der Waals surface area contributed by atoms with E-state index < -0.39 is 23.8 Å². The monoisotopic (exact) mass is 288 g/mol. The van der Waals surface area contributed by atoms with E-state index in [1.54, 1.807) is 7.11 Å². The molecule has 0 aromatic heterocycles. The molecule has 114 valence electrons.